The molecule has 0 radical (unpaired) electrons. The Morgan fingerprint density at radius 3 is 2.46 bits per heavy atom. The van der Waals surface area contributed by atoms with Gasteiger partial charge in [0.25, 0.3) is 0 Å². The number of carbonyl (C=O) groups is 1. The van der Waals surface area contributed by atoms with Crippen molar-refractivity contribution in [2.45, 2.75) is 38.5 Å². The highest BCUT2D eigenvalue weighted by Gasteiger charge is 2.53. The average molecular weight is 347 g/mol. The molecule has 1 heterocycles. The molecule has 0 saturated heterocycles. The number of allylic oxidation sites excluding steroid dienone is 1. The van der Waals surface area contributed by atoms with Crippen LogP contribution in [0.5, 0.6) is 5.75 Å². The second-order valence-corrected chi connectivity index (χ2v) is 8.72. The van der Waals surface area contributed by atoms with E-state index in [-0.39, 0.29) is 5.41 Å². The van der Waals surface area contributed by atoms with Gasteiger partial charge in [-0.3, -0.25) is 9.78 Å². The van der Waals surface area contributed by atoms with Gasteiger partial charge in [-0.25, -0.2) is 0 Å². The van der Waals surface area contributed by atoms with Crippen molar-refractivity contribution in [1.82, 2.24) is 4.98 Å². The van der Waals surface area contributed by atoms with Crippen LogP contribution in [0.2, 0.25) is 0 Å². The highest BCUT2D eigenvalue weighted by molar-refractivity contribution is 5.98. The number of fused-ring (bicyclic) bond motifs is 1. The quantitative estimate of drug-likeness (QED) is 0.727. The Kier molecular flexibility index (Phi) is 3.66. The standard InChI is InChI=1S/C23H25NO2/c1-26-20-3-4-21-19(10-20)9-15(14-24-21)2-5-22(25)23-11-16-6-17(12-23)8-18(7-16)13-23/h2-5,9-10,14,16-18H,6-8,11-13H2,1H3. The number of benzene rings is 1. The Bertz CT molecular complexity index is 863. The first-order valence-corrected chi connectivity index (χ1v) is 9.80. The number of nitrogens with zero attached hydrogens (tertiary/aromatic N) is 1. The highest BCUT2D eigenvalue weighted by Crippen LogP contribution is 2.60. The first-order valence-electron chi connectivity index (χ1n) is 9.80. The normalized spacial score (nSPS) is 32.4. The van der Waals surface area contributed by atoms with E-state index in [1.807, 2.05) is 36.5 Å². The van der Waals surface area contributed by atoms with Crippen LogP contribution in [0.4, 0.5) is 0 Å². The summed E-state index contributed by atoms with van der Waals surface area (Å²) in [5, 5.41) is 1.04. The molecule has 1 aromatic heterocycles. The third-order valence-corrected chi connectivity index (χ3v) is 6.90. The van der Waals surface area contributed by atoms with Gasteiger partial charge in [-0.1, -0.05) is 0 Å². The average Bonchev–Trinajstić information content (AvgIpc) is 2.64. The van der Waals surface area contributed by atoms with Crippen molar-refractivity contribution in [3.63, 3.8) is 0 Å². The lowest BCUT2D eigenvalue weighted by molar-refractivity contribution is -0.138. The maximum atomic E-state index is 13.1. The molecular weight excluding hydrogens is 322 g/mol. The zero-order valence-electron chi connectivity index (χ0n) is 15.3. The molecule has 3 heteroatoms. The predicted octanol–water partition coefficient (Wildman–Crippen LogP) is 5.04. The van der Waals surface area contributed by atoms with E-state index in [9.17, 15) is 4.79 Å². The number of rotatable bonds is 4. The summed E-state index contributed by atoms with van der Waals surface area (Å²) in [7, 11) is 1.67. The van der Waals surface area contributed by atoms with E-state index in [1.165, 1.54) is 19.3 Å². The maximum Gasteiger partial charge on any atom is 0.161 e. The second kappa shape index (κ2) is 5.94. The molecule has 0 amide bonds. The summed E-state index contributed by atoms with van der Waals surface area (Å²) in [6, 6.07) is 7.94. The SMILES string of the molecule is COc1ccc2ncc(C=CC(=O)C34CC5CC(CC(C5)C3)C4)cc2c1. The topological polar surface area (TPSA) is 39.2 Å². The number of carbonyl (C=O) groups excluding carboxylic acids is 1. The number of hydrogen-bond acceptors (Lipinski definition) is 3. The summed E-state index contributed by atoms with van der Waals surface area (Å²) in [6.07, 6.45) is 13.1. The van der Waals surface area contributed by atoms with E-state index >= 15 is 0 Å². The van der Waals surface area contributed by atoms with Gasteiger partial charge < -0.3 is 4.74 Å². The van der Waals surface area contributed by atoms with E-state index in [0.717, 1.165) is 59.2 Å². The molecule has 1 aromatic carbocycles. The first kappa shape index (κ1) is 16.0. The summed E-state index contributed by atoms with van der Waals surface area (Å²) < 4.78 is 5.30. The molecule has 4 bridgehead atoms. The van der Waals surface area contributed by atoms with Gasteiger partial charge in [0.2, 0.25) is 0 Å². The molecule has 0 aliphatic heterocycles. The molecular formula is C23H25NO2. The van der Waals surface area contributed by atoms with Gasteiger partial charge in [0.15, 0.2) is 5.78 Å². The maximum absolute atomic E-state index is 13.1. The second-order valence-electron chi connectivity index (χ2n) is 8.72. The van der Waals surface area contributed by atoms with Gasteiger partial charge in [0.05, 0.1) is 12.6 Å². The van der Waals surface area contributed by atoms with Crippen molar-refractivity contribution in [3.05, 3.63) is 42.1 Å². The Hall–Kier alpha value is -2.16. The van der Waals surface area contributed by atoms with Crippen LogP contribution in [0, 0.1) is 23.2 Å². The van der Waals surface area contributed by atoms with E-state index in [0.29, 0.717) is 5.78 Å². The molecule has 3 nitrogen and oxygen atoms in total. The Balaban J connectivity index is 1.39. The minimum atomic E-state index is -0.0568. The third-order valence-electron chi connectivity index (χ3n) is 6.90. The molecule has 0 unspecified atom stereocenters. The molecule has 134 valence electrons. The first-order chi connectivity index (χ1) is 12.6. The fraction of sp³-hybridized carbons (Fsp3) is 0.478. The van der Waals surface area contributed by atoms with Crippen molar-refractivity contribution in [1.29, 1.82) is 0 Å². The molecule has 4 fully saturated rings. The smallest absolute Gasteiger partial charge is 0.161 e. The largest absolute Gasteiger partial charge is 0.497 e. The number of pyridine rings is 1. The third kappa shape index (κ3) is 2.65. The minimum Gasteiger partial charge on any atom is -0.497 e. The summed E-state index contributed by atoms with van der Waals surface area (Å²) >= 11 is 0. The Morgan fingerprint density at radius 2 is 1.81 bits per heavy atom. The van der Waals surface area contributed by atoms with Gasteiger partial charge in [0.1, 0.15) is 5.75 Å². The van der Waals surface area contributed by atoms with Crippen molar-refractivity contribution in [3.8, 4) is 5.75 Å². The summed E-state index contributed by atoms with van der Waals surface area (Å²) in [5.41, 5.74) is 1.86. The molecule has 26 heavy (non-hydrogen) atoms. The van der Waals surface area contributed by atoms with Crippen LogP contribution in [-0.4, -0.2) is 17.9 Å². The van der Waals surface area contributed by atoms with Gasteiger partial charge in [-0.15, -0.1) is 0 Å². The lowest BCUT2D eigenvalue weighted by atomic mass is 9.48. The molecule has 2 aromatic rings. The van der Waals surface area contributed by atoms with Crippen LogP contribution >= 0.6 is 0 Å². The Morgan fingerprint density at radius 1 is 1.12 bits per heavy atom. The van der Waals surface area contributed by atoms with E-state index in [4.69, 9.17) is 4.74 Å². The van der Waals surface area contributed by atoms with Gasteiger partial charge in [-0.2, -0.15) is 0 Å². The molecule has 4 aliphatic carbocycles. The van der Waals surface area contributed by atoms with Crippen molar-refractivity contribution in [2.75, 3.05) is 7.11 Å². The number of ketones is 1. The molecule has 0 atom stereocenters. The number of hydrogen-bond donors (Lipinski definition) is 0. The highest BCUT2D eigenvalue weighted by atomic mass is 16.5. The van der Waals surface area contributed by atoms with Crippen molar-refractivity contribution in [2.24, 2.45) is 23.2 Å². The van der Waals surface area contributed by atoms with Crippen LogP contribution in [0.15, 0.2) is 36.5 Å². The summed E-state index contributed by atoms with van der Waals surface area (Å²) in [5.74, 6) is 3.57. The van der Waals surface area contributed by atoms with Gasteiger partial charge >= 0.3 is 0 Å². The fourth-order valence-corrected chi connectivity index (χ4v) is 6.11. The van der Waals surface area contributed by atoms with Gasteiger partial charge in [0, 0.05) is 17.0 Å². The van der Waals surface area contributed by atoms with Gasteiger partial charge in [-0.05, 0) is 98.3 Å². The van der Waals surface area contributed by atoms with E-state index in [2.05, 4.69) is 11.1 Å². The van der Waals surface area contributed by atoms with Crippen LogP contribution in [0.3, 0.4) is 0 Å². The predicted molar refractivity (Wildman–Crippen MR) is 103 cm³/mol. The number of aromatic nitrogens is 1. The van der Waals surface area contributed by atoms with Crippen LogP contribution in [0.25, 0.3) is 17.0 Å². The van der Waals surface area contributed by atoms with Crippen molar-refractivity contribution < 1.29 is 9.53 Å². The zero-order valence-corrected chi connectivity index (χ0v) is 15.3. The molecule has 4 saturated carbocycles. The molecule has 0 N–H and O–H groups in total. The summed E-state index contributed by atoms with van der Waals surface area (Å²) in [4.78, 5) is 17.6. The van der Waals surface area contributed by atoms with Crippen LogP contribution in [0.1, 0.15) is 44.1 Å². The van der Waals surface area contributed by atoms with Crippen molar-refractivity contribution >= 4 is 22.8 Å². The van der Waals surface area contributed by atoms with E-state index < -0.39 is 0 Å². The summed E-state index contributed by atoms with van der Waals surface area (Å²) in [6.45, 7) is 0. The molecule has 6 rings (SSSR count). The Labute approximate surface area is 154 Å². The van der Waals surface area contributed by atoms with E-state index in [1.54, 1.807) is 7.11 Å². The fourth-order valence-electron chi connectivity index (χ4n) is 6.11. The number of methoxy groups -OCH3 is 1. The van der Waals surface area contributed by atoms with Crippen LogP contribution in [-0.2, 0) is 4.79 Å². The molecule has 4 aliphatic rings. The minimum absolute atomic E-state index is 0.0568. The van der Waals surface area contributed by atoms with Crippen LogP contribution < -0.4 is 4.74 Å². The zero-order chi connectivity index (χ0) is 17.7. The molecule has 0 spiro atoms. The lowest BCUT2D eigenvalue weighted by Crippen LogP contribution is -2.49. The number of ether oxygens (including phenoxy) is 1. The monoisotopic (exact) mass is 347 g/mol. The lowest BCUT2D eigenvalue weighted by Gasteiger charge is -2.55.